The van der Waals surface area contributed by atoms with Gasteiger partial charge in [0.15, 0.2) is 0 Å². The van der Waals surface area contributed by atoms with Gasteiger partial charge in [-0.2, -0.15) is 0 Å². The van der Waals surface area contributed by atoms with Crippen LogP contribution in [0.25, 0.3) is 0 Å². The second-order valence-corrected chi connectivity index (χ2v) is 9.83. The van der Waals surface area contributed by atoms with Gasteiger partial charge in [0.2, 0.25) is 17.7 Å². The molecular weight excluding hydrogens is 458 g/mol. The smallest absolute Gasteiger partial charge is 0.261 e. The highest BCUT2D eigenvalue weighted by atomic mass is 32.2. The van der Waals surface area contributed by atoms with Crippen molar-refractivity contribution in [3.05, 3.63) is 60.7 Å². The van der Waals surface area contributed by atoms with Crippen LogP contribution in [0.3, 0.4) is 0 Å². The number of nitrogens with zero attached hydrogens (tertiary/aromatic N) is 1. The van der Waals surface area contributed by atoms with Crippen molar-refractivity contribution in [1.29, 1.82) is 0 Å². The minimum Gasteiger partial charge on any atom is -0.497 e. The van der Waals surface area contributed by atoms with Gasteiger partial charge >= 0.3 is 0 Å². The highest BCUT2D eigenvalue weighted by molar-refractivity contribution is 7.92. The molecule has 2 unspecified atom stereocenters. The van der Waals surface area contributed by atoms with Crippen molar-refractivity contribution < 1.29 is 27.5 Å². The molecule has 0 radical (unpaired) electrons. The fourth-order valence-electron chi connectivity index (χ4n) is 4.14. The van der Waals surface area contributed by atoms with Gasteiger partial charge in [-0.25, -0.2) is 8.42 Å². The van der Waals surface area contributed by atoms with Gasteiger partial charge < -0.3 is 10.1 Å². The van der Waals surface area contributed by atoms with E-state index < -0.39 is 15.9 Å². The molecule has 9 nitrogen and oxygen atoms in total. The summed E-state index contributed by atoms with van der Waals surface area (Å²) in [5, 5.41) is 2.64. The molecule has 2 aliphatic rings. The fourth-order valence-corrected chi connectivity index (χ4v) is 5.24. The summed E-state index contributed by atoms with van der Waals surface area (Å²) in [7, 11) is -2.37. The minimum atomic E-state index is -3.89. The number of sulfonamides is 1. The number of anilines is 2. The Bertz CT molecular complexity index is 1210. The van der Waals surface area contributed by atoms with Gasteiger partial charge in [-0.1, -0.05) is 18.2 Å². The lowest BCUT2D eigenvalue weighted by molar-refractivity contribution is -0.140. The quantitative estimate of drug-likeness (QED) is 0.440. The molecule has 0 spiro atoms. The molecule has 1 fully saturated rings. The van der Waals surface area contributed by atoms with Crippen molar-refractivity contribution in [1.82, 2.24) is 4.90 Å². The van der Waals surface area contributed by atoms with Gasteiger partial charge in [0, 0.05) is 24.3 Å². The summed E-state index contributed by atoms with van der Waals surface area (Å²) in [6.07, 6.45) is 4.83. The lowest BCUT2D eigenvalue weighted by atomic mass is 9.85. The van der Waals surface area contributed by atoms with E-state index in [9.17, 15) is 22.8 Å². The Balaban J connectivity index is 1.36. The van der Waals surface area contributed by atoms with Gasteiger partial charge in [0.1, 0.15) is 5.75 Å². The molecule has 2 atom stereocenters. The molecule has 1 saturated heterocycles. The molecule has 1 aliphatic carbocycles. The van der Waals surface area contributed by atoms with E-state index in [4.69, 9.17) is 4.74 Å². The predicted molar refractivity (Wildman–Crippen MR) is 126 cm³/mol. The van der Waals surface area contributed by atoms with E-state index in [0.717, 1.165) is 0 Å². The van der Waals surface area contributed by atoms with Crippen LogP contribution in [0.15, 0.2) is 65.6 Å². The van der Waals surface area contributed by atoms with Crippen molar-refractivity contribution in [3.63, 3.8) is 0 Å². The summed E-state index contributed by atoms with van der Waals surface area (Å²) in [5.41, 5.74) is 0.658. The molecule has 34 heavy (non-hydrogen) atoms. The van der Waals surface area contributed by atoms with E-state index in [1.165, 1.54) is 30.2 Å². The fraction of sp³-hybridized carbons (Fsp3) is 0.292. The number of carbonyl (C=O) groups excluding carboxylic acids is 3. The number of carbonyl (C=O) groups is 3. The van der Waals surface area contributed by atoms with E-state index in [1.54, 1.807) is 30.3 Å². The monoisotopic (exact) mass is 483 g/mol. The summed E-state index contributed by atoms with van der Waals surface area (Å²) in [6.45, 7) is -0.00643. The highest BCUT2D eigenvalue weighted by Crippen LogP contribution is 2.35. The zero-order valence-electron chi connectivity index (χ0n) is 18.6. The van der Waals surface area contributed by atoms with Crippen molar-refractivity contribution >= 4 is 39.1 Å². The Morgan fingerprint density at radius 3 is 2.26 bits per heavy atom. The molecule has 2 N–H and O–H groups in total. The van der Waals surface area contributed by atoms with E-state index in [0.29, 0.717) is 30.0 Å². The summed E-state index contributed by atoms with van der Waals surface area (Å²) in [5.74, 6) is -0.956. The van der Waals surface area contributed by atoms with Crippen LogP contribution < -0.4 is 14.8 Å². The van der Waals surface area contributed by atoms with Crippen molar-refractivity contribution in [3.8, 4) is 5.75 Å². The molecule has 4 rings (SSSR count). The summed E-state index contributed by atoms with van der Waals surface area (Å²) < 4.78 is 33.0. The van der Waals surface area contributed by atoms with Crippen LogP contribution in [0.5, 0.6) is 5.75 Å². The average molecular weight is 484 g/mol. The van der Waals surface area contributed by atoms with Gasteiger partial charge in [0.05, 0.1) is 23.8 Å². The number of benzene rings is 2. The number of allylic oxidation sites excluding steroid dienone is 2. The lowest BCUT2D eigenvalue weighted by Crippen LogP contribution is -2.34. The van der Waals surface area contributed by atoms with Gasteiger partial charge in [-0.05, 0) is 55.3 Å². The first kappa shape index (κ1) is 23.5. The molecular formula is C24H25N3O6S. The molecule has 10 heteroatoms. The Labute approximate surface area is 197 Å². The molecule has 0 saturated carbocycles. The number of amides is 3. The Kier molecular flexibility index (Phi) is 6.69. The number of fused-ring (bicyclic) bond motifs is 1. The summed E-state index contributed by atoms with van der Waals surface area (Å²) in [6, 6.07) is 12.3. The largest absolute Gasteiger partial charge is 0.497 e. The van der Waals surface area contributed by atoms with Crippen LogP contribution in [-0.2, 0) is 24.4 Å². The van der Waals surface area contributed by atoms with Crippen LogP contribution in [0.1, 0.15) is 19.3 Å². The molecule has 2 aromatic rings. The van der Waals surface area contributed by atoms with Crippen LogP contribution in [-0.4, -0.2) is 44.7 Å². The van der Waals surface area contributed by atoms with Gasteiger partial charge in [0.25, 0.3) is 10.0 Å². The predicted octanol–water partition coefficient (Wildman–Crippen LogP) is 2.78. The molecule has 1 aliphatic heterocycles. The number of imide groups is 1. The number of hydrogen-bond acceptors (Lipinski definition) is 6. The van der Waals surface area contributed by atoms with Crippen LogP contribution in [0.2, 0.25) is 0 Å². The van der Waals surface area contributed by atoms with Crippen molar-refractivity contribution in [2.75, 3.05) is 23.7 Å². The number of likely N-dealkylation sites (tertiary alicyclic amines) is 1. The average Bonchev–Trinajstić information content (AvgIpc) is 3.08. The SMILES string of the molecule is COc1ccc(NS(=O)(=O)c2cccc(NC(=O)CCN3C(=O)C4CC=CCC4C3=O)c2)cc1. The third-order valence-corrected chi connectivity index (χ3v) is 7.31. The summed E-state index contributed by atoms with van der Waals surface area (Å²) in [4.78, 5) is 38.6. The lowest BCUT2D eigenvalue weighted by Gasteiger charge is -2.15. The summed E-state index contributed by atoms with van der Waals surface area (Å²) >= 11 is 0. The zero-order chi connectivity index (χ0) is 24.3. The van der Waals surface area contributed by atoms with Crippen molar-refractivity contribution in [2.45, 2.75) is 24.2 Å². The first-order valence-electron chi connectivity index (χ1n) is 10.9. The van der Waals surface area contributed by atoms with Crippen LogP contribution in [0, 0.1) is 11.8 Å². The van der Waals surface area contributed by atoms with Crippen LogP contribution in [0.4, 0.5) is 11.4 Å². The molecule has 1 heterocycles. The first-order chi connectivity index (χ1) is 16.3. The van der Waals surface area contributed by atoms with E-state index >= 15 is 0 Å². The zero-order valence-corrected chi connectivity index (χ0v) is 19.4. The third-order valence-electron chi connectivity index (χ3n) is 5.93. The Morgan fingerprint density at radius 1 is 1.00 bits per heavy atom. The maximum Gasteiger partial charge on any atom is 0.261 e. The number of nitrogens with one attached hydrogen (secondary N) is 2. The second-order valence-electron chi connectivity index (χ2n) is 8.14. The van der Waals surface area contributed by atoms with Crippen molar-refractivity contribution in [2.24, 2.45) is 11.8 Å². The maximum absolute atomic E-state index is 12.7. The molecule has 0 aromatic heterocycles. The topological polar surface area (TPSA) is 122 Å². The van der Waals surface area contributed by atoms with Crippen LogP contribution >= 0.6 is 0 Å². The van der Waals surface area contributed by atoms with E-state index in [-0.39, 0.29) is 41.5 Å². The Morgan fingerprint density at radius 2 is 1.65 bits per heavy atom. The van der Waals surface area contributed by atoms with E-state index in [1.807, 2.05) is 12.2 Å². The first-order valence-corrected chi connectivity index (χ1v) is 12.3. The number of hydrogen-bond donors (Lipinski definition) is 2. The normalized spacial score (nSPS) is 19.6. The highest BCUT2D eigenvalue weighted by Gasteiger charge is 2.46. The Hall–Kier alpha value is -3.66. The number of ether oxygens (including phenoxy) is 1. The van der Waals surface area contributed by atoms with E-state index in [2.05, 4.69) is 10.0 Å². The molecule has 3 amide bonds. The molecule has 2 aromatic carbocycles. The number of methoxy groups -OCH3 is 1. The molecule has 0 bridgehead atoms. The van der Waals surface area contributed by atoms with Gasteiger partial charge in [-0.3, -0.25) is 24.0 Å². The second kappa shape index (κ2) is 9.68. The molecule has 178 valence electrons. The third kappa shape index (κ3) is 4.96. The number of rotatable bonds is 8. The van der Waals surface area contributed by atoms with Gasteiger partial charge in [-0.15, -0.1) is 0 Å². The standard InChI is InChI=1S/C24H25N3O6S/c1-33-18-11-9-16(10-12-18)26-34(31,32)19-6-4-5-17(15-19)25-22(28)13-14-27-23(29)20-7-2-3-8-21(20)24(27)30/h2-6,9-12,15,20-21,26H,7-8,13-14H2,1H3,(H,25,28). The maximum atomic E-state index is 12.7. The minimum absolute atomic E-state index is 0.00643.